The smallest absolute Gasteiger partial charge is 0.245 e. The first-order valence-corrected chi connectivity index (χ1v) is 9.52. The van der Waals surface area contributed by atoms with Crippen LogP contribution in [0.2, 0.25) is 0 Å². The lowest BCUT2D eigenvalue weighted by atomic mass is 10.1. The predicted octanol–water partition coefficient (Wildman–Crippen LogP) is 3.36. The molecule has 10 heteroatoms. The highest BCUT2D eigenvalue weighted by Crippen LogP contribution is 2.27. The Morgan fingerprint density at radius 1 is 0.909 bits per heavy atom. The Hall–Kier alpha value is -0.0800. The molecule has 0 aliphatic heterocycles. The number of hydrogen-bond donors (Lipinski definition) is 2. The lowest BCUT2D eigenvalue weighted by molar-refractivity contribution is -0.140. The Morgan fingerprint density at radius 2 is 1.23 bits per heavy atom. The van der Waals surface area contributed by atoms with E-state index in [1.165, 1.54) is 0 Å². The van der Waals surface area contributed by atoms with E-state index in [-0.39, 0.29) is 11.8 Å². The highest BCUT2D eigenvalue weighted by molar-refractivity contribution is 9.08. The molecule has 0 aliphatic rings. The molecule has 0 heterocycles. The molecular formula is C12H22Br2N2O5P+. The molecule has 0 spiro atoms. The van der Waals surface area contributed by atoms with Gasteiger partial charge in [0.25, 0.3) is 0 Å². The summed E-state index contributed by atoms with van der Waals surface area (Å²) in [4.78, 5) is 23.6. The molecule has 0 aromatic rings. The van der Waals surface area contributed by atoms with E-state index in [0.717, 1.165) is 0 Å². The third-order valence-electron chi connectivity index (χ3n) is 2.58. The maximum Gasteiger partial charge on any atom is 0.811 e. The van der Waals surface area contributed by atoms with Crippen LogP contribution in [0, 0.1) is 11.8 Å². The molecule has 0 aromatic carbocycles. The Bertz CT molecular complexity index is 362. The van der Waals surface area contributed by atoms with Gasteiger partial charge in [-0.15, -0.1) is 0 Å². The van der Waals surface area contributed by atoms with Crippen LogP contribution in [-0.4, -0.2) is 24.0 Å². The highest BCUT2D eigenvalue weighted by atomic mass is 79.9. The Labute approximate surface area is 148 Å². The van der Waals surface area contributed by atoms with Gasteiger partial charge in [0, 0.05) is 36.9 Å². The Balaban J connectivity index is 4.47. The van der Waals surface area contributed by atoms with Crippen LogP contribution in [0.25, 0.3) is 0 Å². The molecule has 0 aromatic heterocycles. The van der Waals surface area contributed by atoms with Crippen LogP contribution in [0.3, 0.4) is 0 Å². The van der Waals surface area contributed by atoms with Crippen molar-refractivity contribution in [2.75, 3.05) is 0 Å². The normalized spacial score (nSPS) is 13.8. The van der Waals surface area contributed by atoms with E-state index >= 15 is 0 Å². The molecule has 0 unspecified atom stereocenters. The number of carbonyl (C=O) groups is 2. The fraction of sp³-hybridized carbons (Fsp3) is 0.833. The number of nitrogens with one attached hydrogen (secondary N) is 2. The van der Waals surface area contributed by atoms with E-state index in [9.17, 15) is 14.2 Å². The van der Waals surface area contributed by atoms with Crippen molar-refractivity contribution in [2.24, 2.45) is 11.8 Å². The monoisotopic (exact) mass is 463 g/mol. The average Bonchev–Trinajstić information content (AvgIpc) is 2.40. The number of hydrogen-bond acceptors (Lipinski definition) is 7. The number of rotatable bonds is 10. The second-order valence-electron chi connectivity index (χ2n) is 5.63. The van der Waals surface area contributed by atoms with E-state index in [0.29, 0.717) is 12.8 Å². The summed E-state index contributed by atoms with van der Waals surface area (Å²) in [5.74, 6) is -1.02. The molecule has 0 saturated carbocycles. The lowest BCUT2D eigenvalue weighted by Crippen LogP contribution is -2.34. The van der Waals surface area contributed by atoms with Gasteiger partial charge in [-0.1, -0.05) is 27.7 Å². The largest absolute Gasteiger partial charge is 0.811 e. The first-order valence-electron chi connectivity index (χ1n) is 6.84. The standard InChI is InChI=1S/C12H22Br2N2O5P/c1-7(2)5-9(15-13)11(17)20-22(19)21-12(18)10(16-14)6-8(3)4/h7-10,15-16H,5-6H2,1-4H3/q+1/t9-,10-/m0/s1. The number of halogens is 2. The minimum atomic E-state index is -2.86. The van der Waals surface area contributed by atoms with Crippen molar-refractivity contribution in [3.8, 4) is 0 Å². The molecule has 2 atom stereocenters. The summed E-state index contributed by atoms with van der Waals surface area (Å²) < 4.78 is 26.2. The van der Waals surface area contributed by atoms with Gasteiger partial charge in [-0.05, 0) is 24.7 Å². The van der Waals surface area contributed by atoms with Crippen LogP contribution in [0.4, 0.5) is 0 Å². The predicted molar refractivity (Wildman–Crippen MR) is 90.4 cm³/mol. The highest BCUT2D eigenvalue weighted by Gasteiger charge is 2.37. The fourth-order valence-electron chi connectivity index (χ4n) is 1.61. The van der Waals surface area contributed by atoms with Crippen molar-refractivity contribution < 1.29 is 23.2 Å². The van der Waals surface area contributed by atoms with Crippen molar-refractivity contribution in [2.45, 2.75) is 52.6 Å². The topological polar surface area (TPSA) is 93.7 Å². The summed E-state index contributed by atoms with van der Waals surface area (Å²) in [5, 5.41) is 0. The minimum Gasteiger partial charge on any atom is -0.245 e. The second-order valence-corrected chi connectivity index (χ2v) is 7.35. The van der Waals surface area contributed by atoms with Crippen molar-refractivity contribution in [3.05, 3.63) is 0 Å². The first kappa shape index (κ1) is 21.9. The molecule has 0 aliphatic carbocycles. The second kappa shape index (κ2) is 11.5. The molecule has 128 valence electrons. The summed E-state index contributed by atoms with van der Waals surface area (Å²) in [6, 6.07) is -1.34. The van der Waals surface area contributed by atoms with E-state index < -0.39 is 32.3 Å². The van der Waals surface area contributed by atoms with Crippen LogP contribution in [0.15, 0.2) is 0 Å². The summed E-state index contributed by atoms with van der Waals surface area (Å²) in [6.45, 7) is 7.73. The van der Waals surface area contributed by atoms with Crippen LogP contribution in [-0.2, 0) is 23.2 Å². The molecule has 0 amide bonds. The van der Waals surface area contributed by atoms with Crippen molar-refractivity contribution in [3.63, 3.8) is 0 Å². The van der Waals surface area contributed by atoms with E-state index in [1.807, 2.05) is 27.7 Å². The zero-order valence-corrected chi connectivity index (χ0v) is 17.0. The zero-order chi connectivity index (χ0) is 17.3. The molecule has 0 rings (SSSR count). The third-order valence-corrected chi connectivity index (χ3v) is 4.34. The van der Waals surface area contributed by atoms with E-state index in [4.69, 9.17) is 0 Å². The maximum absolute atomic E-state index is 11.8. The Morgan fingerprint density at radius 3 is 1.45 bits per heavy atom. The SMILES string of the molecule is CC(C)C[C@H](NBr)C(=O)O[P+](=O)OC(=O)[C@H](CC(C)C)NBr. The average molecular weight is 465 g/mol. The van der Waals surface area contributed by atoms with Gasteiger partial charge in [0.1, 0.15) is 12.1 Å². The quantitative estimate of drug-likeness (QED) is 0.378. The lowest BCUT2D eigenvalue weighted by Gasteiger charge is -2.12. The summed E-state index contributed by atoms with van der Waals surface area (Å²) in [7, 11) is -2.86. The molecule has 22 heavy (non-hydrogen) atoms. The molecule has 0 radical (unpaired) electrons. The fourth-order valence-corrected chi connectivity index (χ4v) is 2.94. The van der Waals surface area contributed by atoms with Gasteiger partial charge in [-0.2, -0.15) is 9.05 Å². The maximum atomic E-state index is 11.8. The zero-order valence-electron chi connectivity index (χ0n) is 13.0. The molecular weight excluding hydrogens is 443 g/mol. The van der Waals surface area contributed by atoms with Crippen LogP contribution < -0.4 is 8.69 Å². The summed E-state index contributed by atoms with van der Waals surface area (Å²) >= 11 is 5.96. The van der Waals surface area contributed by atoms with Gasteiger partial charge in [0.15, 0.2) is 0 Å². The first-order chi connectivity index (χ1) is 10.2. The molecule has 2 N–H and O–H groups in total. The van der Waals surface area contributed by atoms with E-state index in [1.54, 1.807) is 0 Å². The van der Waals surface area contributed by atoms with E-state index in [2.05, 4.69) is 50.0 Å². The molecule has 7 nitrogen and oxygen atoms in total. The van der Waals surface area contributed by atoms with Crippen molar-refractivity contribution in [1.82, 2.24) is 8.69 Å². The van der Waals surface area contributed by atoms with Gasteiger partial charge >= 0.3 is 20.2 Å². The molecule has 0 fully saturated rings. The minimum absolute atomic E-state index is 0.232. The van der Waals surface area contributed by atoms with Gasteiger partial charge in [-0.3, -0.25) is 0 Å². The molecule has 0 bridgehead atoms. The van der Waals surface area contributed by atoms with Crippen LogP contribution >= 0.6 is 40.5 Å². The van der Waals surface area contributed by atoms with Gasteiger partial charge in [-0.25, -0.2) is 18.3 Å². The van der Waals surface area contributed by atoms with Crippen LogP contribution in [0.5, 0.6) is 0 Å². The van der Waals surface area contributed by atoms with Crippen molar-refractivity contribution in [1.29, 1.82) is 0 Å². The van der Waals surface area contributed by atoms with Gasteiger partial charge < -0.3 is 0 Å². The molecule has 0 saturated heterocycles. The third kappa shape index (κ3) is 9.15. The van der Waals surface area contributed by atoms with Crippen LogP contribution in [0.1, 0.15) is 40.5 Å². The van der Waals surface area contributed by atoms with Crippen molar-refractivity contribution >= 4 is 52.5 Å². The van der Waals surface area contributed by atoms with Gasteiger partial charge in [0.05, 0.1) is 0 Å². The number of carbonyl (C=O) groups excluding carboxylic acids is 2. The summed E-state index contributed by atoms with van der Waals surface area (Å²) in [6.07, 6.45) is 0.972. The Kier molecular flexibility index (Phi) is 11.4. The summed E-state index contributed by atoms with van der Waals surface area (Å²) in [5.41, 5.74) is 0. The van der Waals surface area contributed by atoms with Gasteiger partial charge in [0.2, 0.25) is 0 Å².